The second-order valence-corrected chi connectivity index (χ2v) is 9.88. The van der Waals surface area contributed by atoms with Gasteiger partial charge in [-0.05, 0) is 66.8 Å². The molecule has 4 bridgehead atoms. The minimum atomic E-state index is -5.53. The van der Waals surface area contributed by atoms with E-state index >= 15 is 0 Å². The fourth-order valence-electron chi connectivity index (χ4n) is 6.02. The summed E-state index contributed by atoms with van der Waals surface area (Å²) in [4.78, 5) is 0. The molecule has 4 saturated carbocycles. The van der Waals surface area contributed by atoms with Crippen LogP contribution in [0.1, 0.15) is 44.1 Å². The van der Waals surface area contributed by atoms with Gasteiger partial charge < -0.3 is 0 Å². The van der Waals surface area contributed by atoms with Crippen LogP contribution >= 0.6 is 0 Å². The molecule has 3 nitrogen and oxygen atoms in total. The molecular weight excluding hydrogens is 353 g/mol. The normalized spacial score (nSPS) is 37.4. The summed E-state index contributed by atoms with van der Waals surface area (Å²) in [6, 6.07) is 10.1. The number of hydrogen-bond acceptors (Lipinski definition) is 3. The minimum absolute atomic E-state index is 0.0449. The van der Waals surface area contributed by atoms with Crippen molar-refractivity contribution in [2.24, 2.45) is 17.3 Å². The molecule has 4 aliphatic carbocycles. The Morgan fingerprint density at radius 3 is 2.20 bits per heavy atom. The molecule has 7 heteroatoms. The topological polar surface area (TPSA) is 43.4 Å². The number of alkyl halides is 3. The number of halogens is 3. The summed E-state index contributed by atoms with van der Waals surface area (Å²) in [5.74, 6) is 0.886. The summed E-state index contributed by atoms with van der Waals surface area (Å²) >= 11 is 0. The van der Waals surface area contributed by atoms with Crippen molar-refractivity contribution >= 4 is 10.1 Å². The van der Waals surface area contributed by atoms with Crippen molar-refractivity contribution in [1.82, 2.24) is 0 Å². The molecule has 0 aromatic heterocycles. The van der Waals surface area contributed by atoms with E-state index in [9.17, 15) is 21.6 Å². The summed E-state index contributed by atoms with van der Waals surface area (Å²) in [6.07, 6.45) is 5.44. The molecule has 0 spiro atoms. The van der Waals surface area contributed by atoms with Gasteiger partial charge in [0.1, 0.15) is 0 Å². The average Bonchev–Trinajstić information content (AvgIpc) is 2.52. The summed E-state index contributed by atoms with van der Waals surface area (Å²) in [6.45, 7) is -0.351. The molecule has 2 unspecified atom stereocenters. The maximum Gasteiger partial charge on any atom is 0.523 e. The van der Waals surface area contributed by atoms with Gasteiger partial charge in [-0.25, -0.2) is 0 Å². The lowest BCUT2D eigenvalue weighted by atomic mass is 9.43. The van der Waals surface area contributed by atoms with Crippen LogP contribution in [-0.4, -0.2) is 20.5 Å². The van der Waals surface area contributed by atoms with Gasteiger partial charge in [-0.2, -0.15) is 21.6 Å². The Balaban J connectivity index is 1.61. The molecule has 5 rings (SSSR count). The third-order valence-corrected chi connectivity index (χ3v) is 7.37. The molecule has 2 atom stereocenters. The molecule has 0 saturated heterocycles. The molecule has 0 amide bonds. The van der Waals surface area contributed by atoms with Gasteiger partial charge in [-0.1, -0.05) is 30.3 Å². The molecule has 0 aliphatic heterocycles. The molecule has 4 aliphatic rings. The van der Waals surface area contributed by atoms with Gasteiger partial charge in [-0.15, -0.1) is 0 Å². The van der Waals surface area contributed by atoms with Crippen LogP contribution in [0.5, 0.6) is 0 Å². The average molecular weight is 374 g/mol. The first-order chi connectivity index (χ1) is 11.6. The maximum atomic E-state index is 12.6. The van der Waals surface area contributed by atoms with Gasteiger partial charge in [0.25, 0.3) is 0 Å². The lowest BCUT2D eigenvalue weighted by Crippen LogP contribution is -2.55. The second-order valence-electron chi connectivity index (χ2n) is 8.27. The SMILES string of the molecule is O=S(=O)(OCC12CC3CC(C1)CC(c1ccccc1)(C3)C2)C(F)(F)F. The van der Waals surface area contributed by atoms with E-state index in [2.05, 4.69) is 16.3 Å². The van der Waals surface area contributed by atoms with E-state index in [1.165, 1.54) is 5.56 Å². The zero-order valence-corrected chi connectivity index (χ0v) is 14.6. The van der Waals surface area contributed by atoms with Gasteiger partial charge >= 0.3 is 15.6 Å². The largest absolute Gasteiger partial charge is 0.523 e. The zero-order valence-electron chi connectivity index (χ0n) is 13.8. The minimum Gasteiger partial charge on any atom is -0.263 e. The van der Waals surface area contributed by atoms with Crippen molar-refractivity contribution in [3.8, 4) is 0 Å². The summed E-state index contributed by atoms with van der Waals surface area (Å²) in [5.41, 5.74) is -4.63. The van der Waals surface area contributed by atoms with Crippen molar-refractivity contribution < 1.29 is 25.8 Å². The molecule has 1 aromatic carbocycles. The molecule has 4 fully saturated rings. The molecular formula is C18H21F3O3S. The third-order valence-electron chi connectivity index (χ3n) is 6.37. The first-order valence-electron chi connectivity index (χ1n) is 8.64. The van der Waals surface area contributed by atoms with E-state index in [1.54, 1.807) is 0 Å². The molecule has 0 heterocycles. The predicted octanol–water partition coefficient (Wildman–Crippen LogP) is 4.39. The Kier molecular flexibility index (Phi) is 3.79. The molecule has 0 radical (unpaired) electrons. The fraction of sp³-hybridized carbons (Fsp3) is 0.667. The van der Waals surface area contributed by atoms with Crippen LogP contribution in [0.25, 0.3) is 0 Å². The smallest absolute Gasteiger partial charge is 0.263 e. The number of rotatable bonds is 4. The van der Waals surface area contributed by atoms with Crippen molar-refractivity contribution in [2.45, 2.75) is 49.4 Å². The van der Waals surface area contributed by atoms with Crippen LogP contribution in [0.2, 0.25) is 0 Å². The van der Waals surface area contributed by atoms with Crippen molar-refractivity contribution in [3.63, 3.8) is 0 Å². The Hall–Kier alpha value is -1.08. The first kappa shape index (κ1) is 17.3. The first-order valence-corrected chi connectivity index (χ1v) is 10.1. The van der Waals surface area contributed by atoms with E-state index in [1.807, 2.05) is 18.2 Å². The zero-order chi connectivity index (χ0) is 17.9. The summed E-state index contributed by atoms with van der Waals surface area (Å²) < 4.78 is 65.1. The van der Waals surface area contributed by atoms with Crippen molar-refractivity contribution in [1.29, 1.82) is 0 Å². The lowest BCUT2D eigenvalue weighted by molar-refractivity contribution is -0.0981. The van der Waals surface area contributed by atoms with Crippen LogP contribution in [0, 0.1) is 17.3 Å². The highest BCUT2D eigenvalue weighted by molar-refractivity contribution is 7.87. The Bertz CT molecular complexity index is 744. The van der Waals surface area contributed by atoms with E-state index in [0.29, 0.717) is 18.3 Å². The standard InChI is InChI=1S/C18H21F3O3S/c19-18(20,21)25(22,23)24-12-16-7-13-6-14(8-16)10-17(9-13,11-16)15-4-2-1-3-5-15/h1-5,13-14H,6-12H2. The maximum absolute atomic E-state index is 12.6. The van der Waals surface area contributed by atoms with Gasteiger partial charge in [0.2, 0.25) is 0 Å². The Labute approximate surface area is 145 Å². The quantitative estimate of drug-likeness (QED) is 0.580. The Morgan fingerprint density at radius 2 is 1.64 bits per heavy atom. The Morgan fingerprint density at radius 1 is 1.04 bits per heavy atom. The van der Waals surface area contributed by atoms with E-state index in [4.69, 9.17) is 0 Å². The van der Waals surface area contributed by atoms with Crippen molar-refractivity contribution in [2.75, 3.05) is 6.61 Å². The number of benzene rings is 1. The highest BCUT2D eigenvalue weighted by atomic mass is 32.2. The highest BCUT2D eigenvalue weighted by Crippen LogP contribution is 2.65. The monoisotopic (exact) mass is 374 g/mol. The number of hydrogen-bond donors (Lipinski definition) is 0. The third kappa shape index (κ3) is 2.89. The fourth-order valence-corrected chi connectivity index (χ4v) is 6.56. The van der Waals surface area contributed by atoms with Crippen LogP contribution in [-0.2, 0) is 19.7 Å². The highest BCUT2D eigenvalue weighted by Gasteiger charge is 2.59. The van der Waals surface area contributed by atoms with Crippen LogP contribution in [0.3, 0.4) is 0 Å². The van der Waals surface area contributed by atoms with Gasteiger partial charge in [0.05, 0.1) is 6.61 Å². The van der Waals surface area contributed by atoms with Crippen LogP contribution in [0.4, 0.5) is 13.2 Å². The van der Waals surface area contributed by atoms with Crippen molar-refractivity contribution in [3.05, 3.63) is 35.9 Å². The molecule has 1 aromatic rings. The van der Waals surface area contributed by atoms with Gasteiger partial charge in [0, 0.05) is 0 Å². The molecule has 25 heavy (non-hydrogen) atoms. The molecule has 0 N–H and O–H groups in total. The van der Waals surface area contributed by atoms with E-state index in [0.717, 1.165) is 32.1 Å². The summed E-state index contributed by atoms with van der Waals surface area (Å²) in [7, 11) is -5.53. The van der Waals surface area contributed by atoms with E-state index in [-0.39, 0.29) is 12.0 Å². The molecule has 138 valence electrons. The van der Waals surface area contributed by atoms with Gasteiger partial charge in [0.15, 0.2) is 0 Å². The predicted molar refractivity (Wildman–Crippen MR) is 86.2 cm³/mol. The second kappa shape index (κ2) is 5.46. The van der Waals surface area contributed by atoms with Crippen LogP contribution < -0.4 is 0 Å². The van der Waals surface area contributed by atoms with Crippen LogP contribution in [0.15, 0.2) is 30.3 Å². The summed E-state index contributed by atoms with van der Waals surface area (Å²) in [5, 5.41) is 0. The van der Waals surface area contributed by atoms with E-state index < -0.39 is 21.0 Å². The van der Waals surface area contributed by atoms with Gasteiger partial charge in [-0.3, -0.25) is 4.18 Å². The lowest BCUT2D eigenvalue weighted by Gasteiger charge is -2.62.